The molecule has 0 saturated carbocycles. The number of nitrogens with one attached hydrogen (secondary N) is 2. The molecule has 0 aliphatic heterocycles. The molecule has 0 aliphatic rings. The fourth-order valence-electron chi connectivity index (χ4n) is 2.39. The standard InChI is InChI=1S/C15H13N3O2.ClH/c1-16-15-14(10-5-3-2-4-6-10)12-9-11(18(19)20)7-8-13(12)17-15;/h2-9,16-17H,1H3;1H. The second-order valence-electron chi connectivity index (χ2n) is 4.48. The molecular weight excluding hydrogens is 290 g/mol. The summed E-state index contributed by atoms with van der Waals surface area (Å²) in [6.07, 6.45) is 0. The number of fused-ring (bicyclic) bond motifs is 1. The van der Waals surface area contributed by atoms with Gasteiger partial charge in [-0.1, -0.05) is 30.3 Å². The summed E-state index contributed by atoms with van der Waals surface area (Å²) in [4.78, 5) is 13.8. The van der Waals surface area contributed by atoms with Gasteiger partial charge < -0.3 is 10.3 Å². The number of nitro benzene ring substituents is 1. The van der Waals surface area contributed by atoms with Crippen molar-refractivity contribution in [1.82, 2.24) is 4.98 Å². The maximum atomic E-state index is 10.9. The SMILES string of the molecule is CNc1[nH]c2ccc([N+](=O)[O-])cc2c1-c1ccccc1.Cl. The predicted molar refractivity (Wildman–Crippen MR) is 87.2 cm³/mol. The molecule has 2 aromatic carbocycles. The molecule has 0 atom stereocenters. The Bertz CT molecular complexity index is 784. The van der Waals surface area contributed by atoms with E-state index >= 15 is 0 Å². The lowest BCUT2D eigenvalue weighted by molar-refractivity contribution is -0.384. The first-order chi connectivity index (χ1) is 9.70. The van der Waals surface area contributed by atoms with Crippen LogP contribution in [0.4, 0.5) is 11.5 Å². The molecule has 0 spiro atoms. The Labute approximate surface area is 127 Å². The summed E-state index contributed by atoms with van der Waals surface area (Å²) < 4.78 is 0. The molecular formula is C15H14ClN3O2. The third kappa shape index (κ3) is 2.55. The van der Waals surface area contributed by atoms with E-state index < -0.39 is 0 Å². The first-order valence-electron chi connectivity index (χ1n) is 6.24. The highest BCUT2D eigenvalue weighted by molar-refractivity contribution is 6.03. The van der Waals surface area contributed by atoms with Crippen molar-refractivity contribution in [2.24, 2.45) is 0 Å². The van der Waals surface area contributed by atoms with Crippen LogP contribution < -0.4 is 5.32 Å². The summed E-state index contributed by atoms with van der Waals surface area (Å²) in [5.41, 5.74) is 2.94. The second-order valence-corrected chi connectivity index (χ2v) is 4.48. The molecule has 0 amide bonds. The molecule has 0 radical (unpaired) electrons. The highest BCUT2D eigenvalue weighted by Crippen LogP contribution is 2.37. The number of aromatic amines is 1. The molecule has 3 rings (SSSR count). The van der Waals surface area contributed by atoms with Crippen LogP contribution in [0.1, 0.15) is 0 Å². The normalized spacial score (nSPS) is 10.1. The van der Waals surface area contributed by atoms with Crippen LogP contribution in [0, 0.1) is 10.1 Å². The van der Waals surface area contributed by atoms with Crippen molar-refractivity contribution >= 4 is 34.8 Å². The van der Waals surface area contributed by atoms with Crippen molar-refractivity contribution in [3.05, 3.63) is 58.6 Å². The lowest BCUT2D eigenvalue weighted by atomic mass is 10.0. The quantitative estimate of drug-likeness (QED) is 0.562. The van der Waals surface area contributed by atoms with E-state index in [4.69, 9.17) is 0 Å². The van der Waals surface area contributed by atoms with Crippen LogP contribution in [0.15, 0.2) is 48.5 Å². The minimum Gasteiger partial charge on any atom is -0.374 e. The first kappa shape index (κ1) is 14.9. The predicted octanol–water partition coefficient (Wildman–Crippen LogP) is 4.21. The van der Waals surface area contributed by atoms with E-state index in [2.05, 4.69) is 10.3 Å². The Kier molecular flexibility index (Phi) is 4.14. The van der Waals surface area contributed by atoms with Crippen LogP contribution in [0.5, 0.6) is 0 Å². The van der Waals surface area contributed by atoms with Gasteiger partial charge >= 0.3 is 0 Å². The van der Waals surface area contributed by atoms with Gasteiger partial charge in [-0.25, -0.2) is 0 Å². The first-order valence-corrected chi connectivity index (χ1v) is 6.24. The molecule has 1 heterocycles. The number of aromatic nitrogens is 1. The van der Waals surface area contributed by atoms with E-state index in [0.29, 0.717) is 0 Å². The molecule has 1 aromatic heterocycles. The number of non-ortho nitro benzene ring substituents is 1. The monoisotopic (exact) mass is 303 g/mol. The Morgan fingerprint density at radius 3 is 2.48 bits per heavy atom. The average Bonchev–Trinajstić information content (AvgIpc) is 2.85. The number of H-pyrrole nitrogens is 1. The lowest BCUT2D eigenvalue weighted by Crippen LogP contribution is -1.90. The van der Waals surface area contributed by atoms with Crippen molar-refractivity contribution in [2.75, 3.05) is 12.4 Å². The van der Waals surface area contributed by atoms with E-state index in [0.717, 1.165) is 27.8 Å². The fourth-order valence-corrected chi connectivity index (χ4v) is 2.39. The summed E-state index contributed by atoms with van der Waals surface area (Å²) in [6, 6.07) is 14.7. The zero-order valence-corrected chi connectivity index (χ0v) is 12.1. The third-order valence-corrected chi connectivity index (χ3v) is 3.31. The van der Waals surface area contributed by atoms with E-state index in [1.54, 1.807) is 12.1 Å². The molecule has 3 aromatic rings. The number of rotatable bonds is 3. The molecule has 108 valence electrons. The van der Waals surface area contributed by atoms with Gasteiger partial charge in [-0.2, -0.15) is 0 Å². The average molecular weight is 304 g/mol. The van der Waals surface area contributed by atoms with Crippen LogP contribution in [0.2, 0.25) is 0 Å². The summed E-state index contributed by atoms with van der Waals surface area (Å²) in [7, 11) is 1.82. The zero-order chi connectivity index (χ0) is 14.1. The minimum atomic E-state index is -0.375. The van der Waals surface area contributed by atoms with Crippen molar-refractivity contribution in [2.45, 2.75) is 0 Å². The van der Waals surface area contributed by atoms with E-state index in [-0.39, 0.29) is 23.0 Å². The van der Waals surface area contributed by atoms with Crippen molar-refractivity contribution in [3.63, 3.8) is 0 Å². The largest absolute Gasteiger partial charge is 0.374 e. The third-order valence-electron chi connectivity index (χ3n) is 3.31. The smallest absolute Gasteiger partial charge is 0.270 e. The second kappa shape index (κ2) is 5.85. The number of benzene rings is 2. The van der Waals surface area contributed by atoms with Gasteiger partial charge in [-0.05, 0) is 11.6 Å². The van der Waals surface area contributed by atoms with Crippen molar-refractivity contribution in [3.8, 4) is 11.1 Å². The number of hydrogen-bond donors (Lipinski definition) is 2. The minimum absolute atomic E-state index is 0. The molecule has 0 saturated heterocycles. The molecule has 0 bridgehead atoms. The summed E-state index contributed by atoms with van der Waals surface area (Å²) in [6.45, 7) is 0. The Morgan fingerprint density at radius 1 is 1.14 bits per heavy atom. The molecule has 0 unspecified atom stereocenters. The number of nitro groups is 1. The molecule has 0 fully saturated rings. The topological polar surface area (TPSA) is 71.0 Å². The van der Waals surface area contributed by atoms with Gasteiger partial charge in [0.25, 0.3) is 5.69 Å². The van der Waals surface area contributed by atoms with Crippen LogP contribution in [-0.4, -0.2) is 17.0 Å². The highest BCUT2D eigenvalue weighted by Gasteiger charge is 2.15. The number of hydrogen-bond acceptors (Lipinski definition) is 3. The van der Waals surface area contributed by atoms with Crippen LogP contribution in [-0.2, 0) is 0 Å². The summed E-state index contributed by atoms with van der Waals surface area (Å²) >= 11 is 0. The maximum Gasteiger partial charge on any atom is 0.270 e. The van der Waals surface area contributed by atoms with Gasteiger partial charge in [0.15, 0.2) is 0 Å². The lowest BCUT2D eigenvalue weighted by Gasteiger charge is -2.04. The van der Waals surface area contributed by atoms with E-state index in [9.17, 15) is 10.1 Å². The highest BCUT2D eigenvalue weighted by atomic mass is 35.5. The van der Waals surface area contributed by atoms with Gasteiger partial charge in [0.05, 0.1) is 4.92 Å². The van der Waals surface area contributed by atoms with Gasteiger partial charge in [0, 0.05) is 35.6 Å². The van der Waals surface area contributed by atoms with Crippen molar-refractivity contribution < 1.29 is 4.92 Å². The van der Waals surface area contributed by atoms with Gasteiger partial charge in [0.1, 0.15) is 5.82 Å². The van der Waals surface area contributed by atoms with Crippen LogP contribution >= 0.6 is 12.4 Å². The van der Waals surface area contributed by atoms with E-state index in [1.807, 2.05) is 37.4 Å². The zero-order valence-electron chi connectivity index (χ0n) is 11.3. The number of anilines is 1. The van der Waals surface area contributed by atoms with Gasteiger partial charge in [0.2, 0.25) is 0 Å². The van der Waals surface area contributed by atoms with Gasteiger partial charge in [-0.3, -0.25) is 10.1 Å². The Balaban J connectivity index is 0.00000161. The summed E-state index contributed by atoms with van der Waals surface area (Å²) in [5, 5.41) is 14.9. The Morgan fingerprint density at radius 2 is 1.86 bits per heavy atom. The van der Waals surface area contributed by atoms with Crippen LogP contribution in [0.25, 0.3) is 22.0 Å². The molecule has 21 heavy (non-hydrogen) atoms. The molecule has 6 heteroatoms. The molecule has 5 nitrogen and oxygen atoms in total. The maximum absolute atomic E-state index is 10.9. The molecule has 0 aliphatic carbocycles. The number of nitrogens with zero attached hydrogens (tertiary/aromatic N) is 1. The Hall–Kier alpha value is -2.53. The van der Waals surface area contributed by atoms with E-state index in [1.165, 1.54) is 6.07 Å². The van der Waals surface area contributed by atoms with Crippen molar-refractivity contribution in [1.29, 1.82) is 0 Å². The van der Waals surface area contributed by atoms with Gasteiger partial charge in [-0.15, -0.1) is 12.4 Å². The fraction of sp³-hybridized carbons (Fsp3) is 0.0667. The summed E-state index contributed by atoms with van der Waals surface area (Å²) in [5.74, 6) is 0.853. The number of halogens is 1. The molecule has 2 N–H and O–H groups in total. The van der Waals surface area contributed by atoms with Crippen LogP contribution in [0.3, 0.4) is 0 Å².